The van der Waals surface area contributed by atoms with Crippen molar-refractivity contribution in [2.45, 2.75) is 20.3 Å². The summed E-state index contributed by atoms with van der Waals surface area (Å²) >= 11 is 0. The first-order valence-electron chi connectivity index (χ1n) is 4.68. The molecule has 2 N–H and O–H groups in total. The van der Waals surface area contributed by atoms with Crippen molar-refractivity contribution < 1.29 is 14.3 Å². The molecule has 0 aromatic rings. The lowest BCUT2D eigenvalue weighted by Crippen LogP contribution is -2.08. The normalized spacial score (nSPS) is 10.3. The third kappa shape index (κ3) is 15.2. The van der Waals surface area contributed by atoms with Gasteiger partial charge in [-0.25, -0.2) is 4.79 Å². The summed E-state index contributed by atoms with van der Waals surface area (Å²) in [6.45, 7) is 11.0. The SMILES string of the molecule is C=CC(=O)OCC(C)CC.C=CC(N)=O. The van der Waals surface area contributed by atoms with Crippen LogP contribution in [0.3, 0.4) is 0 Å². The fourth-order valence-corrected chi connectivity index (χ4v) is 0.401. The van der Waals surface area contributed by atoms with Gasteiger partial charge in [0.1, 0.15) is 0 Å². The van der Waals surface area contributed by atoms with Gasteiger partial charge in [0.15, 0.2) is 0 Å². The highest BCUT2D eigenvalue weighted by atomic mass is 16.5. The number of hydrogen-bond acceptors (Lipinski definition) is 3. The lowest BCUT2D eigenvalue weighted by atomic mass is 10.1. The van der Waals surface area contributed by atoms with Crippen LogP contribution in [-0.2, 0) is 14.3 Å². The Hall–Kier alpha value is -1.58. The molecule has 0 bridgehead atoms. The molecule has 0 radical (unpaired) electrons. The van der Waals surface area contributed by atoms with E-state index >= 15 is 0 Å². The molecule has 86 valence electrons. The van der Waals surface area contributed by atoms with Gasteiger partial charge < -0.3 is 10.5 Å². The summed E-state index contributed by atoms with van der Waals surface area (Å²) in [5.41, 5.74) is 4.53. The summed E-state index contributed by atoms with van der Waals surface area (Å²) in [6.07, 6.45) is 3.27. The topological polar surface area (TPSA) is 69.4 Å². The average Bonchev–Trinajstić information content (AvgIpc) is 2.25. The number of hydrogen-bond donors (Lipinski definition) is 1. The molecule has 0 saturated heterocycles. The molecule has 1 amide bonds. The molecular weight excluding hydrogens is 194 g/mol. The van der Waals surface area contributed by atoms with Gasteiger partial charge in [-0.15, -0.1) is 0 Å². The Labute approximate surface area is 90.8 Å². The quantitative estimate of drug-likeness (QED) is 0.554. The van der Waals surface area contributed by atoms with E-state index in [0.29, 0.717) is 12.5 Å². The second kappa shape index (κ2) is 10.5. The van der Waals surface area contributed by atoms with Crippen molar-refractivity contribution >= 4 is 11.9 Å². The Morgan fingerprint density at radius 2 is 1.87 bits per heavy atom. The zero-order chi connectivity index (χ0) is 12.3. The van der Waals surface area contributed by atoms with E-state index < -0.39 is 5.91 Å². The summed E-state index contributed by atoms with van der Waals surface area (Å²) < 4.78 is 4.79. The summed E-state index contributed by atoms with van der Waals surface area (Å²) in [5.74, 6) is -0.366. The molecule has 0 saturated carbocycles. The van der Waals surface area contributed by atoms with Gasteiger partial charge in [-0.3, -0.25) is 4.79 Å². The van der Waals surface area contributed by atoms with Gasteiger partial charge >= 0.3 is 5.97 Å². The van der Waals surface area contributed by atoms with Gasteiger partial charge in [0.2, 0.25) is 5.91 Å². The van der Waals surface area contributed by atoms with Crippen LogP contribution in [0.25, 0.3) is 0 Å². The number of nitrogens with two attached hydrogens (primary N) is 1. The maximum Gasteiger partial charge on any atom is 0.330 e. The molecule has 0 aliphatic heterocycles. The predicted molar refractivity (Wildman–Crippen MR) is 60.0 cm³/mol. The minimum absolute atomic E-state index is 0.333. The van der Waals surface area contributed by atoms with Crippen molar-refractivity contribution in [3.8, 4) is 0 Å². The van der Waals surface area contributed by atoms with Crippen LogP contribution in [0.15, 0.2) is 25.3 Å². The fourth-order valence-electron chi connectivity index (χ4n) is 0.401. The van der Waals surface area contributed by atoms with E-state index in [1.54, 1.807) is 0 Å². The lowest BCUT2D eigenvalue weighted by molar-refractivity contribution is -0.138. The number of carbonyl (C=O) groups is 2. The van der Waals surface area contributed by atoms with Crippen molar-refractivity contribution in [1.29, 1.82) is 0 Å². The Morgan fingerprint density at radius 3 is 2.13 bits per heavy atom. The maximum atomic E-state index is 10.5. The standard InChI is InChI=1S/C8H14O2.C3H5NO/c1-4-7(3)6-10-8(9)5-2;1-2-3(4)5/h5,7H,2,4,6H2,1,3H3;2H,1H2,(H2,4,5). The Bertz CT molecular complexity index is 224. The van der Waals surface area contributed by atoms with Crippen LogP contribution in [0.4, 0.5) is 0 Å². The second-order valence-electron chi connectivity index (χ2n) is 2.95. The molecule has 4 nitrogen and oxygen atoms in total. The van der Waals surface area contributed by atoms with Crippen LogP contribution >= 0.6 is 0 Å². The number of rotatable bonds is 5. The van der Waals surface area contributed by atoms with E-state index in [1.807, 2.05) is 6.92 Å². The van der Waals surface area contributed by atoms with Crippen molar-refractivity contribution in [3.05, 3.63) is 25.3 Å². The molecule has 0 aliphatic carbocycles. The molecule has 15 heavy (non-hydrogen) atoms. The highest BCUT2D eigenvalue weighted by molar-refractivity contribution is 5.85. The minimum Gasteiger partial charge on any atom is -0.462 e. The van der Waals surface area contributed by atoms with E-state index in [0.717, 1.165) is 12.5 Å². The van der Waals surface area contributed by atoms with Gasteiger partial charge in [-0.05, 0) is 12.0 Å². The van der Waals surface area contributed by atoms with Crippen LogP contribution < -0.4 is 5.73 Å². The number of ether oxygens (including phenoxy) is 1. The third-order valence-electron chi connectivity index (χ3n) is 1.57. The number of amides is 1. The molecular formula is C11H19NO3. The van der Waals surface area contributed by atoms with Crippen molar-refractivity contribution in [2.24, 2.45) is 11.7 Å². The number of primary amides is 1. The zero-order valence-corrected chi connectivity index (χ0v) is 9.36. The molecule has 1 atom stereocenters. The molecule has 4 heteroatoms. The number of carbonyl (C=O) groups excluding carboxylic acids is 2. The van der Waals surface area contributed by atoms with Crippen molar-refractivity contribution in [3.63, 3.8) is 0 Å². The largest absolute Gasteiger partial charge is 0.462 e. The molecule has 0 aromatic heterocycles. The van der Waals surface area contributed by atoms with Gasteiger partial charge in [0.25, 0.3) is 0 Å². The lowest BCUT2D eigenvalue weighted by Gasteiger charge is -2.06. The molecule has 0 fully saturated rings. The van der Waals surface area contributed by atoms with E-state index in [4.69, 9.17) is 4.74 Å². The maximum absolute atomic E-state index is 10.5. The third-order valence-corrected chi connectivity index (χ3v) is 1.57. The fraction of sp³-hybridized carbons (Fsp3) is 0.455. The molecule has 1 unspecified atom stereocenters. The molecule has 0 spiro atoms. The van der Waals surface area contributed by atoms with Crippen LogP contribution in [0.1, 0.15) is 20.3 Å². The van der Waals surface area contributed by atoms with Crippen LogP contribution in [0, 0.1) is 5.92 Å². The van der Waals surface area contributed by atoms with E-state index in [9.17, 15) is 9.59 Å². The monoisotopic (exact) mass is 213 g/mol. The Morgan fingerprint density at radius 1 is 1.40 bits per heavy atom. The highest BCUT2D eigenvalue weighted by Crippen LogP contribution is 2.00. The molecule has 0 rings (SSSR count). The Balaban J connectivity index is 0. The minimum atomic E-state index is -0.481. The second-order valence-corrected chi connectivity index (χ2v) is 2.95. The average molecular weight is 213 g/mol. The first kappa shape index (κ1) is 15.9. The predicted octanol–water partition coefficient (Wildman–Crippen LogP) is 1.42. The summed E-state index contributed by atoms with van der Waals surface area (Å²) in [4.78, 5) is 20.0. The Kier molecular flexibility index (Phi) is 11.1. The molecule has 0 aliphatic rings. The molecule has 0 heterocycles. The van der Waals surface area contributed by atoms with Gasteiger partial charge in [0.05, 0.1) is 6.61 Å². The smallest absolute Gasteiger partial charge is 0.330 e. The van der Waals surface area contributed by atoms with Gasteiger partial charge in [-0.2, -0.15) is 0 Å². The van der Waals surface area contributed by atoms with E-state index in [2.05, 4.69) is 25.8 Å². The summed E-state index contributed by atoms with van der Waals surface area (Å²) in [6, 6.07) is 0. The first-order valence-corrected chi connectivity index (χ1v) is 4.68. The zero-order valence-electron chi connectivity index (χ0n) is 9.36. The first-order chi connectivity index (χ1) is 6.97. The summed E-state index contributed by atoms with van der Waals surface area (Å²) in [7, 11) is 0. The van der Waals surface area contributed by atoms with Crippen LogP contribution in [-0.4, -0.2) is 18.5 Å². The van der Waals surface area contributed by atoms with Crippen LogP contribution in [0.2, 0.25) is 0 Å². The van der Waals surface area contributed by atoms with Gasteiger partial charge in [0, 0.05) is 6.08 Å². The van der Waals surface area contributed by atoms with Gasteiger partial charge in [-0.1, -0.05) is 33.4 Å². The summed E-state index contributed by atoms with van der Waals surface area (Å²) in [5, 5.41) is 0. The van der Waals surface area contributed by atoms with E-state index in [-0.39, 0.29) is 5.97 Å². The van der Waals surface area contributed by atoms with Crippen molar-refractivity contribution in [1.82, 2.24) is 0 Å². The van der Waals surface area contributed by atoms with Crippen LogP contribution in [0.5, 0.6) is 0 Å². The van der Waals surface area contributed by atoms with E-state index in [1.165, 1.54) is 6.08 Å². The van der Waals surface area contributed by atoms with Crippen molar-refractivity contribution in [2.75, 3.05) is 6.61 Å². The highest BCUT2D eigenvalue weighted by Gasteiger charge is 2.00. The molecule has 0 aromatic carbocycles. The number of esters is 1.